The Morgan fingerprint density at radius 2 is 1.96 bits per heavy atom. The lowest BCUT2D eigenvalue weighted by Gasteiger charge is -2.12. The summed E-state index contributed by atoms with van der Waals surface area (Å²) in [5.41, 5.74) is 1.22. The fourth-order valence-corrected chi connectivity index (χ4v) is 3.15. The van der Waals surface area contributed by atoms with Crippen LogP contribution in [0.1, 0.15) is 5.56 Å². The number of amides is 1. The molecule has 25 heavy (non-hydrogen) atoms. The fraction of sp³-hybridized carbons (Fsp3) is 0.0588. The van der Waals surface area contributed by atoms with E-state index in [2.05, 4.69) is 15.9 Å². The zero-order chi connectivity index (χ0) is 17.6. The quantitative estimate of drug-likeness (QED) is 0.592. The summed E-state index contributed by atoms with van der Waals surface area (Å²) in [7, 11) is 0. The van der Waals surface area contributed by atoms with Crippen LogP contribution < -0.4 is 14.4 Å². The Kier molecular flexibility index (Phi) is 3.85. The van der Waals surface area contributed by atoms with E-state index in [0.29, 0.717) is 27.2 Å². The van der Waals surface area contributed by atoms with Crippen LogP contribution in [-0.4, -0.2) is 23.0 Å². The van der Waals surface area contributed by atoms with E-state index >= 15 is 0 Å². The summed E-state index contributed by atoms with van der Waals surface area (Å²) in [4.78, 5) is 14.0. The van der Waals surface area contributed by atoms with E-state index in [0.717, 1.165) is 0 Å². The lowest BCUT2D eigenvalue weighted by molar-refractivity contribution is -0.114. The first kappa shape index (κ1) is 15.9. The Morgan fingerprint density at radius 3 is 2.76 bits per heavy atom. The molecule has 1 amide bonds. The number of carbonyl (C=O) groups excluding carboxylic acids is 1. The molecular formula is C17H10BrNO5S. The van der Waals surface area contributed by atoms with Crippen LogP contribution in [0.25, 0.3) is 6.08 Å². The van der Waals surface area contributed by atoms with Crippen molar-refractivity contribution >= 4 is 51.0 Å². The Morgan fingerprint density at radius 1 is 1.16 bits per heavy atom. The molecule has 0 bridgehead atoms. The second-order valence-corrected chi connectivity index (χ2v) is 6.47. The number of thiocarbonyl (C=S) groups is 1. The highest BCUT2D eigenvalue weighted by atomic mass is 79.9. The molecule has 2 aromatic rings. The van der Waals surface area contributed by atoms with Gasteiger partial charge in [-0.25, -0.2) is 4.90 Å². The van der Waals surface area contributed by atoms with E-state index in [9.17, 15) is 9.90 Å². The molecule has 2 aromatic carbocycles. The minimum absolute atomic E-state index is 0.0351. The Labute approximate surface area is 156 Å². The summed E-state index contributed by atoms with van der Waals surface area (Å²) in [6.45, 7) is 0.147. The van der Waals surface area contributed by atoms with Gasteiger partial charge in [-0.15, -0.1) is 0 Å². The highest BCUT2D eigenvalue weighted by Gasteiger charge is 2.35. The summed E-state index contributed by atoms with van der Waals surface area (Å²) in [5.74, 6) is 0.992. The second-order valence-electron chi connectivity index (χ2n) is 5.27. The van der Waals surface area contributed by atoms with Crippen LogP contribution in [0, 0.1) is 0 Å². The number of carbonyl (C=O) groups is 1. The molecule has 0 radical (unpaired) electrons. The number of nitrogens with zero attached hydrogens (tertiary/aromatic N) is 1. The maximum absolute atomic E-state index is 12.7. The van der Waals surface area contributed by atoms with Gasteiger partial charge in [-0.2, -0.15) is 0 Å². The molecule has 1 N–H and O–H groups in total. The van der Waals surface area contributed by atoms with Crippen LogP contribution in [0.5, 0.6) is 17.2 Å². The Bertz CT molecular complexity index is 943. The zero-order valence-corrected chi connectivity index (χ0v) is 15.0. The van der Waals surface area contributed by atoms with Crippen molar-refractivity contribution in [3.8, 4) is 17.2 Å². The number of fused-ring (bicyclic) bond motifs is 1. The molecule has 0 aromatic heterocycles. The molecule has 2 heterocycles. The van der Waals surface area contributed by atoms with Crippen LogP contribution in [0.15, 0.2) is 46.6 Å². The van der Waals surface area contributed by atoms with Gasteiger partial charge < -0.3 is 19.3 Å². The fourth-order valence-electron chi connectivity index (χ4n) is 2.48. The molecule has 0 saturated carbocycles. The SMILES string of the molecule is O=C1/C(=C/c2ccc(O)c(Br)c2)OC(=S)N1c1ccc2c(c1)OCO2. The number of benzene rings is 2. The molecule has 2 aliphatic heterocycles. The summed E-state index contributed by atoms with van der Waals surface area (Å²) in [6.07, 6.45) is 1.56. The molecule has 126 valence electrons. The van der Waals surface area contributed by atoms with E-state index < -0.39 is 0 Å². The molecule has 4 rings (SSSR count). The number of phenols is 1. The van der Waals surface area contributed by atoms with E-state index in [4.69, 9.17) is 26.4 Å². The topological polar surface area (TPSA) is 68.2 Å². The average molecular weight is 420 g/mol. The number of rotatable bonds is 2. The lowest BCUT2D eigenvalue weighted by Crippen LogP contribution is -2.27. The number of halogens is 1. The Hall–Kier alpha value is -2.58. The van der Waals surface area contributed by atoms with Crippen molar-refractivity contribution in [2.75, 3.05) is 11.7 Å². The van der Waals surface area contributed by atoms with E-state index in [1.54, 1.807) is 36.4 Å². The number of aromatic hydroxyl groups is 1. The van der Waals surface area contributed by atoms with Gasteiger partial charge in [0, 0.05) is 6.07 Å². The van der Waals surface area contributed by atoms with Crippen molar-refractivity contribution in [1.29, 1.82) is 0 Å². The van der Waals surface area contributed by atoms with Crippen molar-refractivity contribution < 1.29 is 24.1 Å². The highest BCUT2D eigenvalue weighted by Crippen LogP contribution is 2.37. The van der Waals surface area contributed by atoms with Gasteiger partial charge in [-0.3, -0.25) is 4.79 Å². The van der Waals surface area contributed by atoms with Gasteiger partial charge in [-0.1, -0.05) is 6.07 Å². The molecular weight excluding hydrogens is 410 g/mol. The van der Waals surface area contributed by atoms with Gasteiger partial charge in [0.2, 0.25) is 6.79 Å². The van der Waals surface area contributed by atoms with Gasteiger partial charge in [0.25, 0.3) is 5.17 Å². The standard InChI is InChI=1S/C17H10BrNO5S/c18-11-5-9(1-3-12(11)20)6-15-16(21)19(17(25)24-15)10-2-4-13-14(7-10)23-8-22-13/h1-7,20H,8H2/b15-6-. The van der Waals surface area contributed by atoms with Crippen molar-refractivity contribution in [1.82, 2.24) is 0 Å². The molecule has 1 fully saturated rings. The molecule has 1 saturated heterocycles. The highest BCUT2D eigenvalue weighted by molar-refractivity contribution is 9.10. The molecule has 0 atom stereocenters. The Balaban J connectivity index is 1.66. The van der Waals surface area contributed by atoms with Crippen LogP contribution >= 0.6 is 28.1 Å². The van der Waals surface area contributed by atoms with Crippen molar-refractivity contribution in [3.63, 3.8) is 0 Å². The first-order valence-corrected chi connectivity index (χ1v) is 8.39. The number of hydrogen-bond donors (Lipinski definition) is 1. The summed E-state index contributed by atoms with van der Waals surface area (Å²) < 4.78 is 16.6. The monoisotopic (exact) mass is 419 g/mol. The van der Waals surface area contributed by atoms with Gasteiger partial charge in [0.05, 0.1) is 10.2 Å². The normalized spacial score (nSPS) is 17.3. The minimum atomic E-state index is -0.381. The van der Waals surface area contributed by atoms with Crippen molar-refractivity contribution in [3.05, 3.63) is 52.2 Å². The molecule has 8 heteroatoms. The van der Waals surface area contributed by atoms with E-state index in [1.807, 2.05) is 0 Å². The van der Waals surface area contributed by atoms with Crippen LogP contribution in [0.3, 0.4) is 0 Å². The van der Waals surface area contributed by atoms with Crippen LogP contribution in [0.2, 0.25) is 0 Å². The molecule has 2 aliphatic rings. The predicted octanol–water partition coefficient (Wildman–Crippen LogP) is 3.57. The first-order valence-electron chi connectivity index (χ1n) is 7.19. The average Bonchev–Trinajstić information content (AvgIpc) is 3.15. The maximum atomic E-state index is 12.7. The van der Waals surface area contributed by atoms with Gasteiger partial charge in [0.1, 0.15) is 5.75 Å². The van der Waals surface area contributed by atoms with Crippen LogP contribution in [0.4, 0.5) is 5.69 Å². The van der Waals surface area contributed by atoms with Gasteiger partial charge in [-0.05, 0) is 64.1 Å². The summed E-state index contributed by atoms with van der Waals surface area (Å²) in [6, 6.07) is 9.95. The smallest absolute Gasteiger partial charge is 0.301 e. The van der Waals surface area contributed by atoms with E-state index in [-0.39, 0.29) is 29.4 Å². The summed E-state index contributed by atoms with van der Waals surface area (Å²) in [5, 5.41) is 9.58. The maximum Gasteiger partial charge on any atom is 0.301 e. The molecule has 0 spiro atoms. The molecule has 6 nitrogen and oxygen atoms in total. The van der Waals surface area contributed by atoms with Gasteiger partial charge >= 0.3 is 5.91 Å². The number of ether oxygens (including phenoxy) is 3. The number of hydrogen-bond acceptors (Lipinski definition) is 6. The molecule has 0 unspecified atom stereocenters. The first-order chi connectivity index (χ1) is 12.0. The third kappa shape index (κ3) is 2.83. The molecule has 0 aliphatic carbocycles. The number of phenolic OH excluding ortho intramolecular Hbond substituents is 1. The van der Waals surface area contributed by atoms with Crippen LogP contribution in [-0.2, 0) is 9.53 Å². The third-order valence-electron chi connectivity index (χ3n) is 3.68. The van der Waals surface area contributed by atoms with Gasteiger partial charge in [0.15, 0.2) is 17.3 Å². The number of anilines is 1. The van der Waals surface area contributed by atoms with E-state index in [1.165, 1.54) is 11.0 Å². The van der Waals surface area contributed by atoms with Crippen molar-refractivity contribution in [2.24, 2.45) is 0 Å². The predicted molar refractivity (Wildman–Crippen MR) is 97.5 cm³/mol. The largest absolute Gasteiger partial charge is 0.507 e. The zero-order valence-electron chi connectivity index (χ0n) is 12.6. The lowest BCUT2D eigenvalue weighted by atomic mass is 10.2. The summed E-state index contributed by atoms with van der Waals surface area (Å²) >= 11 is 8.42. The minimum Gasteiger partial charge on any atom is -0.507 e. The van der Waals surface area contributed by atoms with Crippen molar-refractivity contribution in [2.45, 2.75) is 0 Å². The second kappa shape index (κ2) is 6.05. The third-order valence-corrected chi connectivity index (χ3v) is 4.58.